The number of nitrogens with zero attached hydrogens (tertiary/aromatic N) is 1. The molecule has 0 amide bonds. The number of hydrogen-bond donors (Lipinski definition) is 0. The second kappa shape index (κ2) is 11.0. The summed E-state index contributed by atoms with van der Waals surface area (Å²) in [5.74, 6) is 0.937. The van der Waals surface area contributed by atoms with Gasteiger partial charge in [-0.2, -0.15) is 0 Å². The molecule has 0 unspecified atom stereocenters. The quantitative estimate of drug-likeness (QED) is 0.415. The number of aromatic nitrogens is 1. The van der Waals surface area contributed by atoms with Gasteiger partial charge in [-0.3, -0.25) is 4.98 Å². The fraction of sp³-hybridized carbons (Fsp3) is 0.571. The van der Waals surface area contributed by atoms with Crippen molar-refractivity contribution in [1.29, 1.82) is 0 Å². The molecule has 23 heavy (non-hydrogen) atoms. The van der Waals surface area contributed by atoms with Crippen molar-refractivity contribution in [3.63, 3.8) is 0 Å². The first-order valence-corrected chi connectivity index (χ1v) is 9.38. The zero-order valence-corrected chi connectivity index (χ0v) is 14.6. The summed E-state index contributed by atoms with van der Waals surface area (Å²) in [5, 5.41) is 1.17. The lowest BCUT2D eigenvalue weighted by molar-refractivity contribution is 0.304. The molecule has 0 fully saturated rings. The van der Waals surface area contributed by atoms with Crippen LogP contribution in [0.2, 0.25) is 0 Å². The summed E-state index contributed by atoms with van der Waals surface area (Å²) in [6.45, 7) is 3.09. The predicted octanol–water partition coefficient (Wildman–Crippen LogP) is 6.53. The highest BCUT2D eigenvalue weighted by atomic mass is 16.5. The second-order valence-corrected chi connectivity index (χ2v) is 6.39. The molecule has 0 radical (unpaired) electrons. The van der Waals surface area contributed by atoms with Gasteiger partial charge < -0.3 is 4.74 Å². The van der Waals surface area contributed by atoms with Crippen LogP contribution in [-0.4, -0.2) is 11.6 Å². The minimum Gasteiger partial charge on any atom is -0.494 e. The van der Waals surface area contributed by atoms with E-state index in [1.807, 2.05) is 24.4 Å². The molecule has 0 N–H and O–H groups in total. The molecule has 0 spiro atoms. The highest BCUT2D eigenvalue weighted by molar-refractivity contribution is 5.79. The maximum absolute atomic E-state index is 5.85. The monoisotopic (exact) mass is 313 g/mol. The fourth-order valence-corrected chi connectivity index (χ4v) is 2.92. The third-order valence-electron chi connectivity index (χ3n) is 4.34. The summed E-state index contributed by atoms with van der Waals surface area (Å²) in [6.07, 6.45) is 15.4. The van der Waals surface area contributed by atoms with Gasteiger partial charge in [0.25, 0.3) is 0 Å². The molecule has 0 saturated heterocycles. The first-order chi connectivity index (χ1) is 11.4. The van der Waals surface area contributed by atoms with Crippen LogP contribution in [-0.2, 0) is 0 Å². The molecule has 1 heterocycles. The summed E-state index contributed by atoms with van der Waals surface area (Å²) < 4.78 is 5.85. The van der Waals surface area contributed by atoms with Gasteiger partial charge >= 0.3 is 0 Å². The molecule has 0 aliphatic carbocycles. The van der Waals surface area contributed by atoms with Crippen molar-refractivity contribution >= 4 is 10.9 Å². The molecule has 2 aromatic rings. The molecule has 2 heteroatoms. The lowest BCUT2D eigenvalue weighted by Gasteiger charge is -2.07. The molecule has 0 bridgehead atoms. The van der Waals surface area contributed by atoms with E-state index in [4.69, 9.17) is 4.74 Å². The van der Waals surface area contributed by atoms with E-state index in [2.05, 4.69) is 24.0 Å². The highest BCUT2D eigenvalue weighted by Gasteiger charge is 1.98. The van der Waals surface area contributed by atoms with Crippen LogP contribution < -0.4 is 4.74 Å². The number of rotatable bonds is 12. The number of fused-ring (bicyclic) bond motifs is 1. The fourth-order valence-electron chi connectivity index (χ4n) is 2.92. The van der Waals surface area contributed by atoms with E-state index in [-0.39, 0.29) is 0 Å². The van der Waals surface area contributed by atoms with E-state index in [0.717, 1.165) is 24.3 Å². The molecule has 0 saturated carbocycles. The van der Waals surface area contributed by atoms with E-state index in [1.165, 1.54) is 63.2 Å². The maximum atomic E-state index is 5.85. The summed E-state index contributed by atoms with van der Waals surface area (Å²) in [7, 11) is 0. The van der Waals surface area contributed by atoms with Crippen LogP contribution >= 0.6 is 0 Å². The van der Waals surface area contributed by atoms with Crippen molar-refractivity contribution in [3.8, 4) is 5.75 Å². The van der Waals surface area contributed by atoms with E-state index >= 15 is 0 Å². The van der Waals surface area contributed by atoms with Crippen molar-refractivity contribution < 1.29 is 4.74 Å². The van der Waals surface area contributed by atoms with Crippen molar-refractivity contribution in [2.75, 3.05) is 6.61 Å². The van der Waals surface area contributed by atoms with Crippen molar-refractivity contribution in [2.24, 2.45) is 0 Å². The first kappa shape index (κ1) is 17.8. The Bertz CT molecular complexity index is 552. The lowest BCUT2D eigenvalue weighted by Crippen LogP contribution is -1.97. The maximum Gasteiger partial charge on any atom is 0.121 e. The highest BCUT2D eigenvalue weighted by Crippen LogP contribution is 2.19. The molecule has 0 aliphatic heterocycles. The Balaban J connectivity index is 1.50. The number of ether oxygens (including phenoxy) is 1. The minimum atomic E-state index is 0.814. The van der Waals surface area contributed by atoms with Crippen molar-refractivity contribution in [2.45, 2.75) is 71.1 Å². The van der Waals surface area contributed by atoms with E-state index < -0.39 is 0 Å². The van der Waals surface area contributed by atoms with Gasteiger partial charge in [0.1, 0.15) is 5.75 Å². The van der Waals surface area contributed by atoms with Crippen LogP contribution in [0.4, 0.5) is 0 Å². The Morgan fingerprint density at radius 1 is 0.826 bits per heavy atom. The number of hydrogen-bond acceptors (Lipinski definition) is 2. The zero-order valence-electron chi connectivity index (χ0n) is 14.6. The number of pyridine rings is 1. The molecular formula is C21H31NO. The van der Waals surface area contributed by atoms with Crippen LogP contribution in [0.3, 0.4) is 0 Å². The summed E-state index contributed by atoms with van der Waals surface area (Å²) in [6, 6.07) is 10.2. The van der Waals surface area contributed by atoms with Gasteiger partial charge in [-0.15, -0.1) is 0 Å². The third-order valence-corrected chi connectivity index (χ3v) is 4.34. The van der Waals surface area contributed by atoms with E-state index in [9.17, 15) is 0 Å². The van der Waals surface area contributed by atoms with Crippen LogP contribution in [0.15, 0.2) is 36.5 Å². The normalized spacial score (nSPS) is 11.0. The van der Waals surface area contributed by atoms with Gasteiger partial charge in [-0.1, -0.05) is 70.8 Å². The van der Waals surface area contributed by atoms with Crippen molar-refractivity contribution in [3.05, 3.63) is 36.5 Å². The van der Waals surface area contributed by atoms with E-state index in [1.54, 1.807) is 0 Å². The molecule has 1 aromatic carbocycles. The van der Waals surface area contributed by atoms with Crippen LogP contribution in [0.1, 0.15) is 71.1 Å². The Hall–Kier alpha value is -1.57. The summed E-state index contributed by atoms with van der Waals surface area (Å²) in [4.78, 5) is 4.37. The van der Waals surface area contributed by atoms with E-state index in [0.29, 0.717) is 0 Å². The molecule has 2 rings (SSSR count). The molecule has 0 aliphatic rings. The Kier molecular flexibility index (Phi) is 8.53. The lowest BCUT2D eigenvalue weighted by atomic mass is 10.1. The predicted molar refractivity (Wildman–Crippen MR) is 99.1 cm³/mol. The Morgan fingerprint density at radius 2 is 1.52 bits per heavy atom. The van der Waals surface area contributed by atoms with Crippen LogP contribution in [0, 0.1) is 0 Å². The Morgan fingerprint density at radius 3 is 2.26 bits per heavy atom. The molecule has 126 valence electrons. The van der Waals surface area contributed by atoms with Crippen LogP contribution in [0.25, 0.3) is 10.9 Å². The number of benzene rings is 1. The minimum absolute atomic E-state index is 0.814. The second-order valence-electron chi connectivity index (χ2n) is 6.39. The zero-order chi connectivity index (χ0) is 16.2. The summed E-state index contributed by atoms with van der Waals surface area (Å²) in [5.41, 5.74) is 1.01. The first-order valence-electron chi connectivity index (χ1n) is 9.38. The Labute approximate surface area is 141 Å². The molecule has 2 nitrogen and oxygen atoms in total. The van der Waals surface area contributed by atoms with Gasteiger partial charge in [0.05, 0.1) is 12.1 Å². The topological polar surface area (TPSA) is 22.1 Å². The average molecular weight is 313 g/mol. The van der Waals surface area contributed by atoms with Gasteiger partial charge in [0.15, 0.2) is 0 Å². The van der Waals surface area contributed by atoms with Crippen molar-refractivity contribution in [1.82, 2.24) is 4.98 Å². The third kappa shape index (κ3) is 7.02. The van der Waals surface area contributed by atoms with Gasteiger partial charge in [-0.05, 0) is 24.6 Å². The van der Waals surface area contributed by atoms with Crippen LogP contribution in [0.5, 0.6) is 5.75 Å². The van der Waals surface area contributed by atoms with Gasteiger partial charge in [0.2, 0.25) is 0 Å². The smallest absolute Gasteiger partial charge is 0.121 e. The number of unbranched alkanes of at least 4 members (excludes halogenated alkanes) is 9. The van der Waals surface area contributed by atoms with Gasteiger partial charge in [0, 0.05) is 17.6 Å². The molecular weight excluding hydrogens is 282 g/mol. The standard InChI is InChI=1S/C21H31NO/c1-2-3-4-5-6-7-8-9-10-11-17-23-20-15-14-19-13-12-16-22-21(19)18-20/h12-16,18H,2-11,17H2,1H3. The largest absolute Gasteiger partial charge is 0.494 e. The van der Waals surface area contributed by atoms with Gasteiger partial charge in [-0.25, -0.2) is 0 Å². The average Bonchev–Trinajstić information content (AvgIpc) is 2.59. The SMILES string of the molecule is CCCCCCCCCCCCOc1ccc2cccnc2c1. The summed E-state index contributed by atoms with van der Waals surface area (Å²) >= 11 is 0. The molecule has 0 atom stereocenters. The molecule has 1 aromatic heterocycles.